The summed E-state index contributed by atoms with van der Waals surface area (Å²) in [6.07, 6.45) is 1.55. The number of amides is 1. The van der Waals surface area contributed by atoms with E-state index in [9.17, 15) is 4.79 Å². The summed E-state index contributed by atoms with van der Waals surface area (Å²) in [6.45, 7) is 6.08. The maximum atomic E-state index is 12.1. The molecule has 0 heterocycles. The second kappa shape index (κ2) is 14.1. The van der Waals surface area contributed by atoms with Crippen LogP contribution in [0.5, 0.6) is 17.2 Å². The highest BCUT2D eigenvalue weighted by molar-refractivity contribution is 9.10. The molecule has 0 aromatic heterocycles. The topological polar surface area (TPSA) is 78.4 Å². The molecule has 8 heteroatoms. The molecule has 35 heavy (non-hydrogen) atoms. The molecule has 0 radical (unpaired) electrons. The number of nitrogens with one attached hydrogen (secondary N) is 1. The Morgan fingerprint density at radius 3 is 2.46 bits per heavy atom. The van der Waals surface area contributed by atoms with Gasteiger partial charge in [0, 0.05) is 5.56 Å². The number of hydrazone groups is 1. The normalized spacial score (nSPS) is 10.8. The van der Waals surface area contributed by atoms with E-state index in [1.165, 1.54) is 0 Å². The van der Waals surface area contributed by atoms with Crippen molar-refractivity contribution in [1.82, 2.24) is 5.43 Å². The van der Waals surface area contributed by atoms with Crippen molar-refractivity contribution in [2.24, 2.45) is 5.10 Å². The van der Waals surface area contributed by atoms with Crippen LogP contribution in [0.2, 0.25) is 0 Å². The Morgan fingerprint density at radius 1 is 0.943 bits per heavy atom. The quantitative estimate of drug-likeness (QED) is 0.178. The van der Waals surface area contributed by atoms with E-state index in [4.69, 9.17) is 18.9 Å². The molecule has 0 fully saturated rings. The first-order valence-electron chi connectivity index (χ1n) is 11.3. The molecule has 0 saturated heterocycles. The molecule has 3 aromatic carbocycles. The van der Waals surface area contributed by atoms with Gasteiger partial charge in [-0.2, -0.15) is 5.10 Å². The molecule has 184 valence electrons. The standard InChI is InChI=1S/C27H29BrN2O5/c1-3-33-25-18-21(19-29-30-27(31)22-9-5-4-6-10-22)17-24(28)26(25)35-15-13-32-12-14-34-23-11-7-8-20(2)16-23/h4-11,16-19H,3,12-15H2,1-2H3,(H,30,31)/b29-19-. The van der Waals surface area contributed by atoms with Gasteiger partial charge in [-0.05, 0) is 77.3 Å². The van der Waals surface area contributed by atoms with E-state index >= 15 is 0 Å². The van der Waals surface area contributed by atoms with Crippen molar-refractivity contribution < 1.29 is 23.7 Å². The fraction of sp³-hybridized carbons (Fsp3) is 0.259. The van der Waals surface area contributed by atoms with Gasteiger partial charge < -0.3 is 18.9 Å². The van der Waals surface area contributed by atoms with Crippen molar-refractivity contribution in [2.75, 3.05) is 33.0 Å². The molecular formula is C27H29BrN2O5. The SMILES string of the molecule is CCOc1cc(/C=N\NC(=O)c2ccccc2)cc(Br)c1OCCOCCOc1cccc(C)c1. The summed E-state index contributed by atoms with van der Waals surface area (Å²) in [5.41, 5.74) is 4.95. The third-order valence-electron chi connectivity index (χ3n) is 4.71. The van der Waals surface area contributed by atoms with E-state index in [0.717, 1.165) is 16.9 Å². The van der Waals surface area contributed by atoms with Crippen LogP contribution in [0.4, 0.5) is 0 Å². The monoisotopic (exact) mass is 540 g/mol. The summed E-state index contributed by atoms with van der Waals surface area (Å²) in [5.74, 6) is 1.70. The van der Waals surface area contributed by atoms with Gasteiger partial charge in [-0.25, -0.2) is 5.43 Å². The van der Waals surface area contributed by atoms with Crippen LogP contribution in [0, 0.1) is 6.92 Å². The minimum Gasteiger partial charge on any atom is -0.491 e. The van der Waals surface area contributed by atoms with Crippen LogP contribution >= 0.6 is 15.9 Å². The minimum atomic E-state index is -0.282. The van der Waals surface area contributed by atoms with Crippen LogP contribution in [0.15, 0.2) is 76.3 Å². The Bertz CT molecular complexity index is 1120. The van der Waals surface area contributed by atoms with E-state index in [1.807, 2.05) is 50.2 Å². The maximum absolute atomic E-state index is 12.1. The lowest BCUT2D eigenvalue weighted by Gasteiger charge is -2.15. The number of hydrogen-bond acceptors (Lipinski definition) is 6. The van der Waals surface area contributed by atoms with E-state index in [-0.39, 0.29) is 5.91 Å². The Morgan fingerprint density at radius 2 is 1.71 bits per heavy atom. The molecule has 0 spiro atoms. The second-order valence-corrected chi connectivity index (χ2v) is 8.31. The Balaban J connectivity index is 1.47. The van der Waals surface area contributed by atoms with Crippen molar-refractivity contribution in [3.8, 4) is 17.2 Å². The molecule has 1 N–H and O–H groups in total. The summed E-state index contributed by atoms with van der Waals surface area (Å²) in [7, 11) is 0. The Kier molecular flexibility index (Phi) is 10.6. The molecule has 0 bridgehead atoms. The number of hydrogen-bond donors (Lipinski definition) is 1. The summed E-state index contributed by atoms with van der Waals surface area (Å²) < 4.78 is 23.7. The zero-order valence-electron chi connectivity index (χ0n) is 19.8. The molecular weight excluding hydrogens is 512 g/mol. The first-order chi connectivity index (χ1) is 17.1. The lowest BCUT2D eigenvalue weighted by Crippen LogP contribution is -2.17. The number of carbonyl (C=O) groups excluding carboxylic acids is 1. The van der Waals surface area contributed by atoms with Gasteiger partial charge in [-0.1, -0.05) is 30.3 Å². The van der Waals surface area contributed by atoms with E-state index < -0.39 is 0 Å². The number of carbonyl (C=O) groups is 1. The van der Waals surface area contributed by atoms with Gasteiger partial charge in [-0.3, -0.25) is 4.79 Å². The van der Waals surface area contributed by atoms with Gasteiger partial charge in [0.15, 0.2) is 11.5 Å². The van der Waals surface area contributed by atoms with Gasteiger partial charge >= 0.3 is 0 Å². The molecule has 3 aromatic rings. The van der Waals surface area contributed by atoms with Crippen molar-refractivity contribution in [3.63, 3.8) is 0 Å². The maximum Gasteiger partial charge on any atom is 0.271 e. The summed E-state index contributed by atoms with van der Waals surface area (Å²) in [5, 5.41) is 4.05. The first-order valence-corrected chi connectivity index (χ1v) is 12.1. The Labute approximate surface area is 214 Å². The Hall–Kier alpha value is -3.36. The molecule has 7 nitrogen and oxygen atoms in total. The highest BCUT2D eigenvalue weighted by atomic mass is 79.9. The lowest BCUT2D eigenvalue weighted by molar-refractivity contribution is 0.0753. The molecule has 3 rings (SSSR count). The fourth-order valence-corrected chi connectivity index (χ4v) is 3.69. The minimum absolute atomic E-state index is 0.282. The van der Waals surface area contributed by atoms with Gasteiger partial charge in [-0.15, -0.1) is 0 Å². The number of rotatable bonds is 13. The molecule has 0 unspecified atom stereocenters. The van der Waals surface area contributed by atoms with E-state index in [2.05, 4.69) is 26.5 Å². The lowest BCUT2D eigenvalue weighted by atomic mass is 10.2. The molecule has 0 aliphatic carbocycles. The number of benzene rings is 3. The van der Waals surface area contributed by atoms with Gasteiger partial charge in [0.1, 0.15) is 19.0 Å². The van der Waals surface area contributed by atoms with E-state index in [0.29, 0.717) is 54.6 Å². The van der Waals surface area contributed by atoms with Crippen LogP contribution in [-0.4, -0.2) is 45.2 Å². The molecule has 0 saturated carbocycles. The zero-order valence-corrected chi connectivity index (χ0v) is 21.4. The predicted octanol–water partition coefficient (Wildman–Crippen LogP) is 5.39. The van der Waals surface area contributed by atoms with Gasteiger partial charge in [0.2, 0.25) is 0 Å². The van der Waals surface area contributed by atoms with Crippen molar-refractivity contribution in [1.29, 1.82) is 0 Å². The smallest absolute Gasteiger partial charge is 0.271 e. The number of aryl methyl sites for hydroxylation is 1. The number of nitrogens with zero attached hydrogens (tertiary/aromatic N) is 1. The average Bonchev–Trinajstić information content (AvgIpc) is 2.85. The predicted molar refractivity (Wildman–Crippen MR) is 140 cm³/mol. The van der Waals surface area contributed by atoms with Crippen LogP contribution in [-0.2, 0) is 4.74 Å². The molecule has 0 aliphatic rings. The second-order valence-electron chi connectivity index (χ2n) is 7.45. The summed E-state index contributed by atoms with van der Waals surface area (Å²) >= 11 is 3.54. The van der Waals surface area contributed by atoms with Crippen LogP contribution in [0.3, 0.4) is 0 Å². The third kappa shape index (κ3) is 8.73. The van der Waals surface area contributed by atoms with Gasteiger partial charge in [0.05, 0.1) is 30.5 Å². The van der Waals surface area contributed by atoms with Crippen LogP contribution in [0.1, 0.15) is 28.4 Å². The molecule has 0 aliphatic heterocycles. The van der Waals surface area contributed by atoms with Crippen LogP contribution < -0.4 is 19.6 Å². The zero-order chi connectivity index (χ0) is 24.9. The highest BCUT2D eigenvalue weighted by Gasteiger charge is 2.12. The third-order valence-corrected chi connectivity index (χ3v) is 5.30. The molecule has 0 atom stereocenters. The van der Waals surface area contributed by atoms with Gasteiger partial charge in [0.25, 0.3) is 5.91 Å². The molecule has 1 amide bonds. The largest absolute Gasteiger partial charge is 0.491 e. The summed E-state index contributed by atoms with van der Waals surface area (Å²) in [6, 6.07) is 20.4. The average molecular weight is 541 g/mol. The van der Waals surface area contributed by atoms with Crippen molar-refractivity contribution >= 4 is 28.1 Å². The number of ether oxygens (including phenoxy) is 4. The van der Waals surface area contributed by atoms with Crippen molar-refractivity contribution in [3.05, 3.63) is 87.9 Å². The summed E-state index contributed by atoms with van der Waals surface area (Å²) in [4.78, 5) is 12.1. The fourth-order valence-electron chi connectivity index (χ4n) is 3.11. The van der Waals surface area contributed by atoms with Crippen LogP contribution in [0.25, 0.3) is 0 Å². The highest BCUT2D eigenvalue weighted by Crippen LogP contribution is 2.36. The van der Waals surface area contributed by atoms with E-state index in [1.54, 1.807) is 36.5 Å². The first kappa shape index (κ1) is 26.2. The van der Waals surface area contributed by atoms with Crippen molar-refractivity contribution in [2.45, 2.75) is 13.8 Å². The number of halogens is 1.